The van der Waals surface area contributed by atoms with Crippen molar-refractivity contribution in [3.63, 3.8) is 0 Å². The zero-order chi connectivity index (χ0) is 13.8. The van der Waals surface area contributed by atoms with E-state index in [9.17, 15) is 5.11 Å². The molecule has 3 nitrogen and oxygen atoms in total. The Bertz CT molecular complexity index is 543. The Morgan fingerprint density at radius 2 is 2.16 bits per heavy atom. The second-order valence-corrected chi connectivity index (χ2v) is 5.45. The number of nitrogens with zero attached hydrogens (tertiary/aromatic N) is 2. The van der Waals surface area contributed by atoms with Crippen LogP contribution >= 0.6 is 15.9 Å². The van der Waals surface area contributed by atoms with Crippen LogP contribution in [-0.2, 0) is 6.54 Å². The molecule has 2 rings (SSSR count). The number of benzene rings is 1. The van der Waals surface area contributed by atoms with Crippen LogP contribution in [0.5, 0.6) is 0 Å². The molecule has 0 aliphatic heterocycles. The molecule has 0 fully saturated rings. The normalized spacial score (nSPS) is 12.2. The van der Waals surface area contributed by atoms with Gasteiger partial charge in [0.05, 0.1) is 6.10 Å². The van der Waals surface area contributed by atoms with Gasteiger partial charge in [-0.25, -0.2) is 0 Å². The second-order valence-electron chi connectivity index (χ2n) is 4.60. The summed E-state index contributed by atoms with van der Waals surface area (Å²) >= 11 is 3.50. The summed E-state index contributed by atoms with van der Waals surface area (Å²) in [6, 6.07) is 9.99. The van der Waals surface area contributed by atoms with Gasteiger partial charge in [-0.1, -0.05) is 28.1 Å². The zero-order valence-electron chi connectivity index (χ0n) is 11.0. The summed E-state index contributed by atoms with van der Waals surface area (Å²) in [5.41, 5.74) is 3.17. The minimum Gasteiger partial charge on any atom is -0.389 e. The molecule has 0 saturated carbocycles. The van der Waals surface area contributed by atoms with Crippen molar-refractivity contribution in [1.29, 1.82) is 0 Å². The number of pyridine rings is 1. The number of rotatable bonds is 4. The van der Waals surface area contributed by atoms with Crippen molar-refractivity contribution in [2.45, 2.75) is 19.6 Å². The molecular formula is C15H17BrN2O. The maximum atomic E-state index is 9.62. The summed E-state index contributed by atoms with van der Waals surface area (Å²) in [7, 11) is 2.04. The summed E-state index contributed by atoms with van der Waals surface area (Å²) in [5, 5.41) is 9.62. The number of hydrogen-bond acceptors (Lipinski definition) is 3. The molecule has 0 aliphatic rings. The Hall–Kier alpha value is -1.39. The first kappa shape index (κ1) is 14.0. The van der Waals surface area contributed by atoms with Crippen molar-refractivity contribution in [2.24, 2.45) is 0 Å². The lowest BCUT2D eigenvalue weighted by Gasteiger charge is -2.20. The maximum Gasteiger partial charge on any atom is 0.0772 e. The molecule has 0 spiro atoms. The van der Waals surface area contributed by atoms with Crippen LogP contribution in [0, 0.1) is 0 Å². The van der Waals surface area contributed by atoms with Crippen molar-refractivity contribution in [1.82, 2.24) is 4.98 Å². The van der Waals surface area contributed by atoms with E-state index < -0.39 is 6.10 Å². The summed E-state index contributed by atoms with van der Waals surface area (Å²) in [6.07, 6.45) is 3.18. The third-order valence-corrected chi connectivity index (χ3v) is 3.70. The first-order valence-corrected chi connectivity index (χ1v) is 6.95. The fourth-order valence-corrected chi connectivity index (χ4v) is 2.65. The lowest BCUT2D eigenvalue weighted by molar-refractivity contribution is 0.198. The van der Waals surface area contributed by atoms with Gasteiger partial charge in [0.1, 0.15) is 0 Å². The number of aliphatic hydroxyl groups excluding tert-OH is 1. The summed E-state index contributed by atoms with van der Waals surface area (Å²) in [6.45, 7) is 2.56. The lowest BCUT2D eigenvalue weighted by atomic mass is 10.1. The van der Waals surface area contributed by atoms with Crippen molar-refractivity contribution in [3.8, 4) is 0 Å². The standard InChI is InChI=1S/C15H17BrN2O/c1-11(19)14-6-5-13(8-15(14)16)18(2)10-12-4-3-7-17-9-12/h3-9,11,19H,10H2,1-2H3. The van der Waals surface area contributed by atoms with Crippen molar-refractivity contribution < 1.29 is 5.11 Å². The average molecular weight is 321 g/mol. The molecule has 1 aromatic carbocycles. The van der Waals surface area contributed by atoms with Crippen LogP contribution in [0.25, 0.3) is 0 Å². The van der Waals surface area contributed by atoms with Gasteiger partial charge in [-0.05, 0) is 36.2 Å². The van der Waals surface area contributed by atoms with Crippen LogP contribution in [-0.4, -0.2) is 17.1 Å². The van der Waals surface area contributed by atoms with E-state index >= 15 is 0 Å². The van der Waals surface area contributed by atoms with Gasteiger partial charge in [0.2, 0.25) is 0 Å². The third kappa shape index (κ3) is 3.55. The van der Waals surface area contributed by atoms with Gasteiger partial charge in [-0.15, -0.1) is 0 Å². The molecule has 0 bridgehead atoms. The minimum absolute atomic E-state index is 0.466. The Kier molecular flexibility index (Phi) is 4.56. The molecule has 100 valence electrons. The van der Waals surface area contributed by atoms with E-state index in [1.54, 1.807) is 13.1 Å². The molecule has 1 atom stereocenters. The van der Waals surface area contributed by atoms with E-state index in [0.29, 0.717) is 0 Å². The van der Waals surface area contributed by atoms with Crippen LogP contribution in [0.15, 0.2) is 47.2 Å². The van der Waals surface area contributed by atoms with E-state index in [1.165, 1.54) is 5.56 Å². The van der Waals surface area contributed by atoms with Crippen molar-refractivity contribution in [2.75, 3.05) is 11.9 Å². The molecule has 1 N–H and O–H groups in total. The van der Waals surface area contributed by atoms with Gasteiger partial charge in [-0.3, -0.25) is 4.98 Å². The SMILES string of the molecule is CC(O)c1ccc(N(C)Cc2cccnc2)cc1Br. The molecule has 0 radical (unpaired) electrons. The van der Waals surface area contributed by atoms with Crippen LogP contribution < -0.4 is 4.90 Å². The molecule has 1 unspecified atom stereocenters. The Morgan fingerprint density at radius 3 is 2.74 bits per heavy atom. The largest absolute Gasteiger partial charge is 0.389 e. The molecule has 0 amide bonds. The maximum absolute atomic E-state index is 9.62. The highest BCUT2D eigenvalue weighted by molar-refractivity contribution is 9.10. The van der Waals surface area contributed by atoms with Crippen LogP contribution in [0.2, 0.25) is 0 Å². The second kappa shape index (κ2) is 6.17. The monoisotopic (exact) mass is 320 g/mol. The topological polar surface area (TPSA) is 36.4 Å². The molecule has 1 aromatic heterocycles. The quantitative estimate of drug-likeness (QED) is 0.936. The van der Waals surface area contributed by atoms with Gasteiger partial charge >= 0.3 is 0 Å². The smallest absolute Gasteiger partial charge is 0.0772 e. The Labute approximate surface area is 122 Å². The molecule has 1 heterocycles. The zero-order valence-corrected chi connectivity index (χ0v) is 12.6. The van der Waals surface area contributed by atoms with Crippen LogP contribution in [0.4, 0.5) is 5.69 Å². The van der Waals surface area contributed by atoms with Crippen molar-refractivity contribution in [3.05, 3.63) is 58.3 Å². The molecule has 0 saturated heterocycles. The lowest BCUT2D eigenvalue weighted by Crippen LogP contribution is -2.16. The molecule has 19 heavy (non-hydrogen) atoms. The average Bonchev–Trinajstić information content (AvgIpc) is 2.39. The van der Waals surface area contributed by atoms with Crippen molar-refractivity contribution >= 4 is 21.6 Å². The predicted molar refractivity (Wildman–Crippen MR) is 81.1 cm³/mol. The first-order valence-electron chi connectivity index (χ1n) is 6.15. The van der Waals surface area contributed by atoms with Gasteiger partial charge in [-0.2, -0.15) is 0 Å². The van der Waals surface area contributed by atoms with Gasteiger partial charge in [0, 0.05) is 36.1 Å². The fraction of sp³-hybridized carbons (Fsp3) is 0.267. The molecule has 4 heteroatoms. The minimum atomic E-state index is -0.466. The number of aliphatic hydroxyl groups is 1. The summed E-state index contributed by atoms with van der Waals surface area (Å²) in [5.74, 6) is 0. The van der Waals surface area contributed by atoms with E-state index in [0.717, 1.165) is 22.3 Å². The highest BCUT2D eigenvalue weighted by Crippen LogP contribution is 2.28. The van der Waals surface area contributed by atoms with Crippen LogP contribution in [0.3, 0.4) is 0 Å². The van der Waals surface area contributed by atoms with E-state index in [-0.39, 0.29) is 0 Å². The van der Waals surface area contributed by atoms with Crippen LogP contribution in [0.1, 0.15) is 24.2 Å². The number of halogens is 1. The van der Waals surface area contributed by atoms with E-state index in [2.05, 4.69) is 31.9 Å². The first-order chi connectivity index (χ1) is 9.08. The van der Waals surface area contributed by atoms with Gasteiger partial charge in [0.15, 0.2) is 0 Å². The Balaban J connectivity index is 2.16. The predicted octanol–water partition coefficient (Wildman–Crippen LogP) is 3.53. The number of hydrogen-bond donors (Lipinski definition) is 1. The molecule has 0 aliphatic carbocycles. The highest BCUT2D eigenvalue weighted by atomic mass is 79.9. The molecule has 2 aromatic rings. The number of anilines is 1. The number of aromatic nitrogens is 1. The highest BCUT2D eigenvalue weighted by Gasteiger charge is 2.09. The summed E-state index contributed by atoms with van der Waals surface area (Å²) < 4.78 is 0.929. The summed E-state index contributed by atoms with van der Waals surface area (Å²) in [4.78, 5) is 6.26. The third-order valence-electron chi connectivity index (χ3n) is 3.02. The fourth-order valence-electron chi connectivity index (χ4n) is 1.95. The van der Waals surface area contributed by atoms with E-state index in [1.807, 2.05) is 37.5 Å². The van der Waals surface area contributed by atoms with Gasteiger partial charge < -0.3 is 10.0 Å². The van der Waals surface area contributed by atoms with Gasteiger partial charge in [0.25, 0.3) is 0 Å². The van der Waals surface area contributed by atoms with E-state index in [4.69, 9.17) is 0 Å². The Morgan fingerprint density at radius 1 is 1.37 bits per heavy atom. The molecular weight excluding hydrogens is 304 g/mol.